The molecule has 0 N–H and O–H groups in total. The molecule has 0 bridgehead atoms. The zero-order chi connectivity index (χ0) is 18.7. The van der Waals surface area contributed by atoms with Crippen molar-refractivity contribution in [3.8, 4) is 6.01 Å². The van der Waals surface area contributed by atoms with Crippen LogP contribution in [0.1, 0.15) is 5.56 Å². The van der Waals surface area contributed by atoms with Crippen LogP contribution in [0.15, 0.2) is 41.5 Å². The summed E-state index contributed by atoms with van der Waals surface area (Å²) in [5.74, 6) is 0.862. The fraction of sp³-hybridized carbons (Fsp3) is 0.353. The van der Waals surface area contributed by atoms with Crippen molar-refractivity contribution in [1.29, 1.82) is 0 Å². The van der Waals surface area contributed by atoms with Crippen LogP contribution in [-0.4, -0.2) is 32.5 Å². The van der Waals surface area contributed by atoms with Gasteiger partial charge in [-0.2, -0.15) is 9.98 Å². The number of nitrogens with zero attached hydrogens (tertiary/aromatic N) is 3. The molecule has 2 rings (SSSR count). The van der Waals surface area contributed by atoms with Crippen LogP contribution in [0.4, 0.5) is 5.82 Å². The van der Waals surface area contributed by atoms with Gasteiger partial charge in [-0.25, -0.2) is 4.98 Å². The van der Waals surface area contributed by atoms with Crippen molar-refractivity contribution < 1.29 is 8.85 Å². The minimum Gasteiger partial charge on any atom is -0.531 e. The highest BCUT2D eigenvalue weighted by atomic mass is 35.5. The smallest absolute Gasteiger partial charge is 0.304 e. The van der Waals surface area contributed by atoms with Crippen molar-refractivity contribution in [2.75, 3.05) is 0 Å². The lowest BCUT2D eigenvalue weighted by Crippen LogP contribution is -2.30. The highest BCUT2D eigenvalue weighted by Gasteiger charge is 2.22. The molecule has 0 aliphatic carbocycles. The molecule has 1 aromatic heterocycles. The SMILES string of the molecule is C[Si](C)(C)OC(=Nc1nc(O[Si](C)(C)C)ncc1Cl)c1ccccc1. The first-order chi connectivity index (χ1) is 11.5. The molecule has 0 amide bonds. The Balaban J connectivity index is 2.46. The molecular weight excluding hydrogens is 370 g/mol. The minimum absolute atomic E-state index is 0.294. The second-order valence-electron chi connectivity index (χ2n) is 7.54. The molecule has 0 aliphatic heterocycles. The summed E-state index contributed by atoms with van der Waals surface area (Å²) in [4.78, 5) is 13.1. The summed E-state index contributed by atoms with van der Waals surface area (Å²) in [7, 11) is -3.69. The normalized spacial score (nSPS) is 12.8. The third-order valence-corrected chi connectivity index (χ3v) is 4.60. The van der Waals surface area contributed by atoms with E-state index in [1.807, 2.05) is 30.3 Å². The van der Waals surface area contributed by atoms with Gasteiger partial charge in [0.25, 0.3) is 0 Å². The fourth-order valence-corrected chi connectivity index (χ4v) is 3.38. The predicted molar refractivity (Wildman–Crippen MR) is 108 cm³/mol. The molecule has 0 aliphatic rings. The average Bonchev–Trinajstić information content (AvgIpc) is 2.48. The van der Waals surface area contributed by atoms with E-state index in [0.29, 0.717) is 22.7 Å². The molecule has 0 spiro atoms. The zero-order valence-corrected chi connectivity index (χ0v) is 18.3. The fourth-order valence-electron chi connectivity index (χ4n) is 1.86. The minimum atomic E-state index is -1.87. The topological polar surface area (TPSA) is 56.6 Å². The highest BCUT2D eigenvalue weighted by molar-refractivity contribution is 6.71. The lowest BCUT2D eigenvalue weighted by molar-refractivity contribution is 0.509. The van der Waals surface area contributed by atoms with Gasteiger partial charge in [0.15, 0.2) is 5.82 Å². The molecular formula is C17H24ClN3O2Si2. The molecule has 0 atom stereocenters. The Morgan fingerprint density at radius 2 is 1.64 bits per heavy atom. The van der Waals surface area contributed by atoms with Crippen LogP contribution in [0.25, 0.3) is 0 Å². The number of aliphatic imine (C=N–C) groups is 1. The van der Waals surface area contributed by atoms with Gasteiger partial charge >= 0.3 is 6.01 Å². The van der Waals surface area contributed by atoms with Gasteiger partial charge in [-0.1, -0.05) is 29.8 Å². The number of rotatable bonds is 5. The second-order valence-corrected chi connectivity index (χ2v) is 16.8. The monoisotopic (exact) mass is 393 g/mol. The van der Waals surface area contributed by atoms with Gasteiger partial charge < -0.3 is 8.85 Å². The average molecular weight is 394 g/mol. The summed E-state index contributed by atoms with van der Waals surface area (Å²) in [6.45, 7) is 12.5. The molecule has 0 unspecified atom stereocenters. The van der Waals surface area contributed by atoms with Crippen LogP contribution in [0.5, 0.6) is 6.01 Å². The molecule has 0 radical (unpaired) electrons. The van der Waals surface area contributed by atoms with Crippen LogP contribution < -0.4 is 4.43 Å². The number of hydrogen-bond donors (Lipinski definition) is 0. The van der Waals surface area contributed by atoms with E-state index in [2.05, 4.69) is 54.2 Å². The predicted octanol–water partition coefficient (Wildman–Crippen LogP) is 5.27. The second kappa shape index (κ2) is 7.67. The maximum atomic E-state index is 6.25. The Labute approximate surface area is 156 Å². The molecule has 5 nitrogen and oxygen atoms in total. The van der Waals surface area contributed by atoms with Crippen molar-refractivity contribution in [1.82, 2.24) is 9.97 Å². The first-order valence-electron chi connectivity index (χ1n) is 8.08. The summed E-state index contributed by atoms with van der Waals surface area (Å²) >= 11 is 6.25. The van der Waals surface area contributed by atoms with Crippen LogP contribution in [0.3, 0.4) is 0 Å². The molecule has 0 saturated heterocycles. The molecule has 2 aromatic rings. The van der Waals surface area contributed by atoms with Crippen molar-refractivity contribution in [2.45, 2.75) is 39.3 Å². The van der Waals surface area contributed by atoms with E-state index < -0.39 is 16.6 Å². The number of halogens is 1. The van der Waals surface area contributed by atoms with E-state index in [-0.39, 0.29) is 0 Å². The van der Waals surface area contributed by atoms with E-state index in [9.17, 15) is 0 Å². The Hall–Kier alpha value is -1.71. The van der Waals surface area contributed by atoms with Gasteiger partial charge in [0.05, 0.1) is 6.20 Å². The first-order valence-corrected chi connectivity index (χ1v) is 15.3. The molecule has 1 aromatic carbocycles. The summed E-state index contributed by atoms with van der Waals surface area (Å²) in [6, 6.07) is 10.0. The van der Waals surface area contributed by atoms with E-state index >= 15 is 0 Å². The quantitative estimate of drug-likeness (QED) is 0.394. The van der Waals surface area contributed by atoms with E-state index in [0.717, 1.165) is 5.56 Å². The molecule has 25 heavy (non-hydrogen) atoms. The van der Waals surface area contributed by atoms with Gasteiger partial charge in [-0.05, 0) is 51.4 Å². The lowest BCUT2D eigenvalue weighted by atomic mass is 10.2. The van der Waals surface area contributed by atoms with E-state index in [4.69, 9.17) is 20.5 Å². The van der Waals surface area contributed by atoms with Gasteiger partial charge in [0.1, 0.15) is 5.02 Å². The molecule has 8 heteroatoms. The van der Waals surface area contributed by atoms with Gasteiger partial charge in [0.2, 0.25) is 22.5 Å². The van der Waals surface area contributed by atoms with Crippen LogP contribution in [0.2, 0.25) is 44.3 Å². The van der Waals surface area contributed by atoms with Crippen LogP contribution in [-0.2, 0) is 4.43 Å². The Kier molecular flexibility index (Phi) is 6.02. The third-order valence-electron chi connectivity index (χ3n) is 2.73. The largest absolute Gasteiger partial charge is 0.531 e. The first kappa shape index (κ1) is 19.6. The van der Waals surface area contributed by atoms with Crippen molar-refractivity contribution >= 4 is 40.0 Å². The van der Waals surface area contributed by atoms with Crippen LogP contribution in [0, 0.1) is 0 Å². The van der Waals surface area contributed by atoms with E-state index in [1.165, 1.54) is 6.20 Å². The number of aromatic nitrogens is 2. The van der Waals surface area contributed by atoms with Gasteiger partial charge in [-0.3, -0.25) is 0 Å². The maximum absolute atomic E-state index is 6.25. The number of hydrogen-bond acceptors (Lipinski definition) is 5. The maximum Gasteiger partial charge on any atom is 0.304 e. The Morgan fingerprint density at radius 1 is 1.00 bits per heavy atom. The Bertz CT molecular complexity index is 757. The van der Waals surface area contributed by atoms with Crippen molar-refractivity contribution in [3.05, 3.63) is 47.1 Å². The van der Waals surface area contributed by atoms with Crippen molar-refractivity contribution in [3.63, 3.8) is 0 Å². The summed E-state index contributed by atoms with van der Waals surface area (Å²) in [5, 5.41) is 0.357. The molecule has 0 saturated carbocycles. The summed E-state index contributed by atoms with van der Waals surface area (Å²) in [6.07, 6.45) is 1.51. The van der Waals surface area contributed by atoms with Crippen LogP contribution >= 0.6 is 11.6 Å². The molecule has 1 heterocycles. The van der Waals surface area contributed by atoms with Crippen molar-refractivity contribution in [2.24, 2.45) is 4.99 Å². The zero-order valence-electron chi connectivity index (χ0n) is 15.5. The van der Waals surface area contributed by atoms with E-state index in [1.54, 1.807) is 0 Å². The van der Waals surface area contributed by atoms with Gasteiger partial charge in [-0.15, -0.1) is 0 Å². The third kappa shape index (κ3) is 6.60. The summed E-state index contributed by atoms with van der Waals surface area (Å²) < 4.78 is 12.0. The lowest BCUT2D eigenvalue weighted by Gasteiger charge is -2.21. The summed E-state index contributed by atoms with van der Waals surface area (Å²) in [5.41, 5.74) is 0.882. The molecule has 134 valence electrons. The van der Waals surface area contributed by atoms with Gasteiger partial charge in [0, 0.05) is 5.56 Å². The molecule has 0 fully saturated rings. The number of benzene rings is 1. The standard InChI is InChI=1S/C17H24ClN3O2Si2/c1-24(2,3)22-16(13-10-8-7-9-11-13)20-15-14(18)12-19-17(21-15)23-25(4,5)6/h7-12H,1-6H3. The Morgan fingerprint density at radius 3 is 2.20 bits per heavy atom. The highest BCUT2D eigenvalue weighted by Crippen LogP contribution is 2.26.